The number of carbonyl (C=O) groups excluding carboxylic acids is 1. The number of likely N-dealkylation sites (tertiary alicyclic amines) is 1. The van der Waals surface area contributed by atoms with E-state index in [2.05, 4.69) is 5.32 Å². The Kier molecular flexibility index (Phi) is 6.65. The first-order valence-electron chi connectivity index (χ1n) is 8.16. The zero-order valence-electron chi connectivity index (χ0n) is 13.6. The number of hydrogen-bond acceptors (Lipinski definition) is 4. The van der Waals surface area contributed by atoms with Gasteiger partial charge in [0.25, 0.3) is 6.43 Å². The first-order chi connectivity index (χ1) is 11.5. The average molecular weight is 342 g/mol. The van der Waals surface area contributed by atoms with Gasteiger partial charge in [-0.05, 0) is 18.9 Å². The second-order valence-corrected chi connectivity index (χ2v) is 6.00. The molecule has 1 amide bonds. The standard InChI is InChI=1S/C17H24F2N2O3/c1-2-20-13(22)10-12-15(23)16(24)14(17(18)19)21(12)9-8-11-6-4-3-5-7-11/h3-7,12,14-17,23-24H,2,8-10H2,1H3,(H,20,22)/t12-,14?,15-,16-/m1/s1. The highest BCUT2D eigenvalue weighted by Gasteiger charge is 2.51. The van der Waals surface area contributed by atoms with Gasteiger partial charge in [-0.2, -0.15) is 0 Å². The largest absolute Gasteiger partial charge is 0.389 e. The second kappa shape index (κ2) is 8.50. The van der Waals surface area contributed by atoms with Gasteiger partial charge in [-0.25, -0.2) is 8.78 Å². The number of aliphatic hydroxyl groups excluding tert-OH is 2. The molecule has 1 aliphatic heterocycles. The van der Waals surface area contributed by atoms with Gasteiger partial charge in [0.1, 0.15) is 6.10 Å². The van der Waals surface area contributed by atoms with Crippen LogP contribution in [0.15, 0.2) is 30.3 Å². The number of alkyl halides is 2. The lowest BCUT2D eigenvalue weighted by Gasteiger charge is -2.29. The maximum Gasteiger partial charge on any atom is 0.256 e. The molecule has 1 aliphatic rings. The molecule has 0 aliphatic carbocycles. The topological polar surface area (TPSA) is 72.8 Å². The molecule has 1 aromatic rings. The lowest BCUT2D eigenvalue weighted by Crippen LogP contribution is -2.46. The Labute approximate surface area is 140 Å². The van der Waals surface area contributed by atoms with Crippen molar-refractivity contribution in [1.29, 1.82) is 0 Å². The smallest absolute Gasteiger partial charge is 0.256 e. The fraction of sp³-hybridized carbons (Fsp3) is 0.588. The minimum atomic E-state index is -2.80. The summed E-state index contributed by atoms with van der Waals surface area (Å²) in [5.41, 5.74) is 0.971. The van der Waals surface area contributed by atoms with E-state index in [1.54, 1.807) is 6.92 Å². The molecule has 24 heavy (non-hydrogen) atoms. The minimum Gasteiger partial charge on any atom is -0.389 e. The molecule has 0 bridgehead atoms. The van der Waals surface area contributed by atoms with Gasteiger partial charge >= 0.3 is 0 Å². The molecular weight excluding hydrogens is 318 g/mol. The number of benzene rings is 1. The van der Waals surface area contributed by atoms with E-state index in [1.807, 2.05) is 30.3 Å². The molecule has 0 spiro atoms. The number of nitrogens with one attached hydrogen (secondary N) is 1. The summed E-state index contributed by atoms with van der Waals surface area (Å²) >= 11 is 0. The number of aliphatic hydroxyl groups is 2. The molecular formula is C17H24F2N2O3. The van der Waals surface area contributed by atoms with Gasteiger partial charge in [-0.3, -0.25) is 9.69 Å². The van der Waals surface area contributed by atoms with E-state index in [0.29, 0.717) is 13.0 Å². The molecule has 134 valence electrons. The van der Waals surface area contributed by atoms with Gasteiger partial charge < -0.3 is 15.5 Å². The lowest BCUT2D eigenvalue weighted by molar-refractivity contribution is -0.123. The van der Waals surface area contributed by atoms with E-state index in [9.17, 15) is 23.8 Å². The predicted molar refractivity (Wildman–Crippen MR) is 85.7 cm³/mol. The number of hydrogen-bond donors (Lipinski definition) is 3. The maximum atomic E-state index is 13.4. The Hall–Kier alpha value is -1.57. The highest BCUT2D eigenvalue weighted by atomic mass is 19.3. The second-order valence-electron chi connectivity index (χ2n) is 6.00. The molecule has 1 fully saturated rings. The SMILES string of the molecule is CCNC(=O)C[C@@H]1[C@@H](O)[C@H](O)C(C(F)F)N1CCc1ccccc1. The van der Waals surface area contributed by atoms with Crippen LogP contribution >= 0.6 is 0 Å². The van der Waals surface area contributed by atoms with Crippen molar-refractivity contribution in [1.82, 2.24) is 10.2 Å². The van der Waals surface area contributed by atoms with Crippen LogP contribution in [0, 0.1) is 0 Å². The summed E-state index contributed by atoms with van der Waals surface area (Å²) in [6.07, 6.45) is -5.37. The third kappa shape index (κ3) is 4.28. The van der Waals surface area contributed by atoms with Crippen LogP contribution in [0.2, 0.25) is 0 Å². The molecule has 0 saturated carbocycles. The Bertz CT molecular complexity index is 530. The minimum absolute atomic E-state index is 0.121. The summed E-state index contributed by atoms with van der Waals surface area (Å²) < 4.78 is 26.8. The first-order valence-corrected chi connectivity index (χ1v) is 8.16. The molecule has 1 unspecified atom stereocenters. The lowest BCUT2D eigenvalue weighted by atomic mass is 10.1. The van der Waals surface area contributed by atoms with Crippen molar-refractivity contribution in [2.75, 3.05) is 13.1 Å². The maximum absolute atomic E-state index is 13.4. The highest BCUT2D eigenvalue weighted by molar-refractivity contribution is 5.76. The number of rotatable bonds is 7. The van der Waals surface area contributed by atoms with Crippen molar-refractivity contribution in [3.8, 4) is 0 Å². The number of amides is 1. The summed E-state index contributed by atoms with van der Waals surface area (Å²) in [6, 6.07) is 7.07. The monoisotopic (exact) mass is 342 g/mol. The van der Waals surface area contributed by atoms with Crippen LogP contribution in [0.4, 0.5) is 8.78 Å². The Balaban J connectivity index is 2.13. The van der Waals surface area contributed by atoms with Crippen LogP contribution in [0.1, 0.15) is 18.9 Å². The van der Waals surface area contributed by atoms with Crippen LogP contribution in [0.25, 0.3) is 0 Å². The molecule has 1 saturated heterocycles. The van der Waals surface area contributed by atoms with Crippen molar-refractivity contribution >= 4 is 5.91 Å². The molecule has 0 radical (unpaired) electrons. The van der Waals surface area contributed by atoms with Crippen LogP contribution in [0.3, 0.4) is 0 Å². The van der Waals surface area contributed by atoms with Crippen molar-refractivity contribution in [2.24, 2.45) is 0 Å². The van der Waals surface area contributed by atoms with Crippen LogP contribution in [-0.2, 0) is 11.2 Å². The third-order valence-corrected chi connectivity index (χ3v) is 4.43. The molecule has 5 nitrogen and oxygen atoms in total. The van der Waals surface area contributed by atoms with E-state index in [-0.39, 0.29) is 18.9 Å². The molecule has 2 rings (SSSR count). The van der Waals surface area contributed by atoms with Crippen molar-refractivity contribution in [3.63, 3.8) is 0 Å². The molecule has 1 aromatic carbocycles. The van der Waals surface area contributed by atoms with E-state index < -0.39 is 30.7 Å². The quantitative estimate of drug-likeness (QED) is 0.685. The molecule has 4 atom stereocenters. The predicted octanol–water partition coefficient (Wildman–Crippen LogP) is 0.795. The van der Waals surface area contributed by atoms with Gasteiger partial charge in [0.05, 0.1) is 12.1 Å². The molecule has 0 aromatic heterocycles. The molecule has 7 heteroatoms. The molecule has 3 N–H and O–H groups in total. The number of halogens is 2. The van der Waals surface area contributed by atoms with E-state index in [4.69, 9.17) is 0 Å². The summed E-state index contributed by atoms with van der Waals surface area (Å²) in [7, 11) is 0. The normalized spacial score (nSPS) is 27.6. The molecule has 1 heterocycles. The highest BCUT2D eigenvalue weighted by Crippen LogP contribution is 2.31. The van der Waals surface area contributed by atoms with Crippen molar-refractivity contribution in [3.05, 3.63) is 35.9 Å². The Morgan fingerprint density at radius 1 is 1.25 bits per heavy atom. The van der Waals surface area contributed by atoms with Gasteiger partial charge in [0.2, 0.25) is 5.91 Å². The van der Waals surface area contributed by atoms with Crippen LogP contribution in [0.5, 0.6) is 0 Å². The Morgan fingerprint density at radius 3 is 2.50 bits per heavy atom. The van der Waals surface area contributed by atoms with Crippen LogP contribution < -0.4 is 5.32 Å². The summed E-state index contributed by atoms with van der Waals surface area (Å²) in [5.74, 6) is -0.326. The fourth-order valence-electron chi connectivity index (χ4n) is 3.25. The number of carbonyl (C=O) groups is 1. The van der Waals surface area contributed by atoms with Crippen molar-refractivity contribution in [2.45, 2.75) is 50.5 Å². The summed E-state index contributed by atoms with van der Waals surface area (Å²) in [5, 5.41) is 22.8. The van der Waals surface area contributed by atoms with Gasteiger partial charge in [-0.15, -0.1) is 0 Å². The van der Waals surface area contributed by atoms with E-state index in [1.165, 1.54) is 4.90 Å². The van der Waals surface area contributed by atoms with Gasteiger partial charge in [0.15, 0.2) is 0 Å². The zero-order chi connectivity index (χ0) is 17.7. The van der Waals surface area contributed by atoms with Crippen LogP contribution in [-0.4, -0.2) is 64.8 Å². The Morgan fingerprint density at radius 2 is 1.92 bits per heavy atom. The van der Waals surface area contributed by atoms with E-state index >= 15 is 0 Å². The summed E-state index contributed by atoms with van der Waals surface area (Å²) in [6.45, 7) is 2.41. The zero-order valence-corrected chi connectivity index (χ0v) is 13.6. The number of nitrogens with zero attached hydrogens (tertiary/aromatic N) is 1. The van der Waals surface area contributed by atoms with Gasteiger partial charge in [0, 0.05) is 25.6 Å². The fourth-order valence-corrected chi connectivity index (χ4v) is 3.25. The average Bonchev–Trinajstić information content (AvgIpc) is 2.78. The van der Waals surface area contributed by atoms with Crippen molar-refractivity contribution < 1.29 is 23.8 Å². The summed E-state index contributed by atoms with van der Waals surface area (Å²) in [4.78, 5) is 13.2. The van der Waals surface area contributed by atoms with Gasteiger partial charge in [-0.1, -0.05) is 30.3 Å². The van der Waals surface area contributed by atoms with E-state index in [0.717, 1.165) is 5.56 Å². The third-order valence-electron chi connectivity index (χ3n) is 4.43. The first kappa shape index (κ1) is 18.8.